The number of alkyl halides is 2. The van der Waals surface area contributed by atoms with E-state index < -0.39 is 36.5 Å². The maximum Gasteiger partial charge on any atom is 0.387 e. The highest BCUT2D eigenvalue weighted by Gasteiger charge is 2.56. The SMILES string of the molecule is CC1(C2CC2)NC(=O)N(CC(=O)Nc2ccc(OC(F)F)c(Cl)c2)C1=O. The van der Waals surface area contributed by atoms with Gasteiger partial charge in [0.25, 0.3) is 5.91 Å². The van der Waals surface area contributed by atoms with E-state index in [4.69, 9.17) is 11.6 Å². The molecule has 1 aliphatic carbocycles. The molecule has 1 saturated carbocycles. The molecule has 1 aromatic carbocycles. The van der Waals surface area contributed by atoms with Gasteiger partial charge in [-0.05, 0) is 43.9 Å². The molecule has 2 aliphatic rings. The van der Waals surface area contributed by atoms with Gasteiger partial charge >= 0.3 is 12.6 Å². The van der Waals surface area contributed by atoms with Gasteiger partial charge in [0.15, 0.2) is 0 Å². The number of halogens is 3. The van der Waals surface area contributed by atoms with Crippen molar-refractivity contribution in [2.45, 2.75) is 31.9 Å². The number of carbonyl (C=O) groups excluding carboxylic acids is 3. The molecular weight excluding hydrogens is 372 g/mol. The van der Waals surface area contributed by atoms with Gasteiger partial charge < -0.3 is 15.4 Å². The largest absolute Gasteiger partial charge is 0.433 e. The Kier molecular flexibility index (Phi) is 4.74. The molecule has 2 N–H and O–H groups in total. The summed E-state index contributed by atoms with van der Waals surface area (Å²) in [5.74, 6) is -1.19. The monoisotopic (exact) mass is 387 g/mol. The average molecular weight is 388 g/mol. The van der Waals surface area contributed by atoms with Crippen LogP contribution in [0.15, 0.2) is 18.2 Å². The first kappa shape index (κ1) is 18.4. The Hall–Kier alpha value is -2.42. The van der Waals surface area contributed by atoms with E-state index in [-0.39, 0.29) is 22.4 Å². The summed E-state index contributed by atoms with van der Waals surface area (Å²) >= 11 is 5.81. The number of rotatable bonds is 6. The molecule has 1 heterocycles. The fourth-order valence-electron chi connectivity index (χ4n) is 2.91. The lowest BCUT2D eigenvalue weighted by Crippen LogP contribution is -2.46. The molecule has 26 heavy (non-hydrogen) atoms. The summed E-state index contributed by atoms with van der Waals surface area (Å²) < 4.78 is 28.6. The summed E-state index contributed by atoms with van der Waals surface area (Å²) in [5.41, 5.74) is -0.742. The summed E-state index contributed by atoms with van der Waals surface area (Å²) in [6, 6.07) is 3.12. The number of anilines is 1. The fourth-order valence-corrected chi connectivity index (χ4v) is 3.14. The van der Waals surface area contributed by atoms with E-state index in [2.05, 4.69) is 15.4 Å². The van der Waals surface area contributed by atoms with Crippen LogP contribution in [0.2, 0.25) is 5.02 Å². The van der Waals surface area contributed by atoms with Crippen LogP contribution in [0.25, 0.3) is 0 Å². The first-order valence-electron chi connectivity index (χ1n) is 7.89. The minimum absolute atomic E-state index is 0.0909. The minimum Gasteiger partial charge on any atom is -0.433 e. The highest BCUT2D eigenvalue weighted by molar-refractivity contribution is 6.32. The first-order chi connectivity index (χ1) is 12.2. The molecule has 10 heteroatoms. The van der Waals surface area contributed by atoms with Crippen molar-refractivity contribution in [1.82, 2.24) is 10.2 Å². The predicted molar refractivity (Wildman–Crippen MR) is 88.1 cm³/mol. The molecule has 1 aliphatic heterocycles. The number of amides is 4. The summed E-state index contributed by atoms with van der Waals surface area (Å²) in [7, 11) is 0. The van der Waals surface area contributed by atoms with E-state index in [1.807, 2.05) is 0 Å². The Morgan fingerprint density at radius 2 is 2.15 bits per heavy atom. The fraction of sp³-hybridized carbons (Fsp3) is 0.438. The molecule has 1 saturated heterocycles. The Labute approximate surface area is 152 Å². The van der Waals surface area contributed by atoms with Crippen LogP contribution in [-0.2, 0) is 9.59 Å². The number of benzene rings is 1. The predicted octanol–water partition coefficient (Wildman–Crippen LogP) is 2.60. The maximum absolute atomic E-state index is 12.5. The second-order valence-corrected chi connectivity index (χ2v) is 6.78. The summed E-state index contributed by atoms with van der Waals surface area (Å²) in [6.45, 7) is -1.82. The van der Waals surface area contributed by atoms with Crippen LogP contribution in [0.4, 0.5) is 19.3 Å². The molecule has 4 amide bonds. The third-order valence-corrected chi connectivity index (χ3v) is 4.72. The standard InChI is InChI=1S/C16H16ClF2N3O4/c1-16(8-2-3-8)13(24)22(15(25)21-16)7-12(23)20-9-4-5-11(10(17)6-9)26-14(18)19/h4-6,8,14H,2-3,7H2,1H3,(H,20,23)(H,21,25). The normalized spacial score (nSPS) is 22.6. The molecular formula is C16H16ClF2N3O4. The highest BCUT2D eigenvalue weighted by atomic mass is 35.5. The smallest absolute Gasteiger partial charge is 0.387 e. The zero-order valence-corrected chi connectivity index (χ0v) is 14.5. The van der Waals surface area contributed by atoms with E-state index in [9.17, 15) is 23.2 Å². The molecule has 0 bridgehead atoms. The Balaban J connectivity index is 1.63. The van der Waals surface area contributed by atoms with E-state index in [0.29, 0.717) is 0 Å². The number of imide groups is 1. The maximum atomic E-state index is 12.5. The van der Waals surface area contributed by atoms with Crippen molar-refractivity contribution >= 4 is 35.1 Å². The number of urea groups is 1. The van der Waals surface area contributed by atoms with Crippen LogP contribution in [0, 0.1) is 5.92 Å². The number of ether oxygens (including phenoxy) is 1. The topological polar surface area (TPSA) is 87.7 Å². The minimum atomic E-state index is -3.02. The number of nitrogens with one attached hydrogen (secondary N) is 2. The van der Waals surface area contributed by atoms with Crippen LogP contribution in [0.1, 0.15) is 19.8 Å². The zero-order chi connectivity index (χ0) is 19.1. The molecule has 0 radical (unpaired) electrons. The second kappa shape index (κ2) is 6.71. The Bertz CT molecular complexity index is 772. The summed E-state index contributed by atoms with van der Waals surface area (Å²) in [6.07, 6.45) is 1.71. The van der Waals surface area contributed by atoms with E-state index in [1.165, 1.54) is 18.2 Å². The van der Waals surface area contributed by atoms with Crippen LogP contribution in [0.5, 0.6) is 5.75 Å². The van der Waals surface area contributed by atoms with Gasteiger partial charge in [-0.15, -0.1) is 0 Å². The quantitative estimate of drug-likeness (QED) is 0.734. The van der Waals surface area contributed by atoms with Gasteiger partial charge in [-0.1, -0.05) is 11.6 Å². The van der Waals surface area contributed by atoms with E-state index >= 15 is 0 Å². The van der Waals surface area contributed by atoms with E-state index in [0.717, 1.165) is 17.7 Å². The molecule has 3 rings (SSSR count). The number of hydrogen-bond acceptors (Lipinski definition) is 4. The van der Waals surface area contributed by atoms with E-state index in [1.54, 1.807) is 6.92 Å². The van der Waals surface area contributed by atoms with Crippen molar-refractivity contribution < 1.29 is 27.9 Å². The van der Waals surface area contributed by atoms with Gasteiger partial charge in [0.1, 0.15) is 17.8 Å². The van der Waals surface area contributed by atoms with Crippen LogP contribution >= 0.6 is 11.6 Å². The third kappa shape index (κ3) is 3.57. The van der Waals surface area contributed by atoms with Crippen molar-refractivity contribution in [2.24, 2.45) is 5.92 Å². The van der Waals surface area contributed by atoms with Crippen molar-refractivity contribution in [3.8, 4) is 5.75 Å². The molecule has 1 unspecified atom stereocenters. The molecule has 140 valence electrons. The van der Waals surface area contributed by atoms with Gasteiger partial charge in [-0.25, -0.2) is 4.79 Å². The van der Waals surface area contributed by atoms with Crippen molar-refractivity contribution in [1.29, 1.82) is 0 Å². The lowest BCUT2D eigenvalue weighted by molar-refractivity contribution is -0.134. The number of hydrogen-bond donors (Lipinski definition) is 2. The van der Waals surface area contributed by atoms with Crippen molar-refractivity contribution in [3.05, 3.63) is 23.2 Å². The van der Waals surface area contributed by atoms with Crippen molar-refractivity contribution in [3.63, 3.8) is 0 Å². The summed E-state index contributed by atoms with van der Waals surface area (Å²) in [4.78, 5) is 37.5. The van der Waals surface area contributed by atoms with Gasteiger partial charge in [-0.2, -0.15) is 8.78 Å². The molecule has 2 fully saturated rings. The van der Waals surface area contributed by atoms with Crippen molar-refractivity contribution in [2.75, 3.05) is 11.9 Å². The zero-order valence-electron chi connectivity index (χ0n) is 13.7. The lowest BCUT2D eigenvalue weighted by Gasteiger charge is -2.20. The third-order valence-electron chi connectivity index (χ3n) is 4.43. The van der Waals surface area contributed by atoms with Crippen LogP contribution < -0.4 is 15.4 Å². The van der Waals surface area contributed by atoms with Gasteiger partial charge in [0, 0.05) is 5.69 Å². The lowest BCUT2D eigenvalue weighted by atomic mass is 9.96. The Morgan fingerprint density at radius 1 is 1.46 bits per heavy atom. The van der Waals surface area contributed by atoms with Gasteiger partial charge in [0.2, 0.25) is 5.91 Å². The van der Waals surface area contributed by atoms with Gasteiger partial charge in [0.05, 0.1) is 5.02 Å². The molecule has 7 nitrogen and oxygen atoms in total. The van der Waals surface area contributed by atoms with Gasteiger partial charge in [-0.3, -0.25) is 14.5 Å². The number of carbonyl (C=O) groups is 3. The summed E-state index contributed by atoms with van der Waals surface area (Å²) in [5, 5.41) is 5.00. The van der Waals surface area contributed by atoms with Crippen LogP contribution in [0.3, 0.4) is 0 Å². The molecule has 0 spiro atoms. The Morgan fingerprint density at radius 3 is 2.73 bits per heavy atom. The average Bonchev–Trinajstić information content (AvgIpc) is 3.36. The molecule has 0 aromatic heterocycles. The number of nitrogens with zero attached hydrogens (tertiary/aromatic N) is 1. The highest BCUT2D eigenvalue weighted by Crippen LogP contribution is 2.42. The molecule has 1 aromatic rings. The van der Waals surface area contributed by atoms with Crippen LogP contribution in [-0.4, -0.2) is 41.4 Å². The first-order valence-corrected chi connectivity index (χ1v) is 8.27. The molecule has 1 atom stereocenters. The second-order valence-electron chi connectivity index (χ2n) is 6.37.